The van der Waals surface area contributed by atoms with Gasteiger partial charge in [0.15, 0.2) is 5.96 Å². The van der Waals surface area contributed by atoms with Gasteiger partial charge in [0.25, 0.3) is 0 Å². The summed E-state index contributed by atoms with van der Waals surface area (Å²) in [7, 11) is -3.72. The van der Waals surface area contributed by atoms with Gasteiger partial charge in [-0.15, -0.1) is 12.4 Å². The molecule has 0 radical (unpaired) electrons. The standard InChI is InChI=1S/C13H20N6O2S.ClH/c14-12(18-13(15)19-8-2-1-3-9-19)17-10-4-6-11(7-5-10)22(16,20)21;/h4-7H,1-3,8-9H2,(H2,16,20,21)(H4,14,15,17,18);1H. The molecule has 1 fully saturated rings. The maximum absolute atomic E-state index is 11.2. The van der Waals surface area contributed by atoms with Gasteiger partial charge in [0, 0.05) is 13.1 Å². The fourth-order valence-corrected chi connectivity index (χ4v) is 2.69. The van der Waals surface area contributed by atoms with Crippen molar-refractivity contribution in [2.75, 3.05) is 13.1 Å². The first-order chi connectivity index (χ1) is 10.4. The zero-order chi connectivity index (χ0) is 16.2. The summed E-state index contributed by atoms with van der Waals surface area (Å²) in [6, 6.07) is 5.72. The molecule has 0 unspecified atom stereocenters. The molecule has 1 aliphatic heterocycles. The molecule has 128 valence electrons. The van der Waals surface area contributed by atoms with Crippen LogP contribution in [0.1, 0.15) is 19.3 Å². The minimum Gasteiger partial charge on any atom is -0.369 e. The summed E-state index contributed by atoms with van der Waals surface area (Å²) in [4.78, 5) is 10.1. The average Bonchev–Trinajstić information content (AvgIpc) is 2.47. The summed E-state index contributed by atoms with van der Waals surface area (Å²) in [5.41, 5.74) is 12.1. The van der Waals surface area contributed by atoms with E-state index in [2.05, 4.69) is 9.98 Å². The monoisotopic (exact) mass is 360 g/mol. The average molecular weight is 361 g/mol. The van der Waals surface area contributed by atoms with Gasteiger partial charge in [0.1, 0.15) is 0 Å². The summed E-state index contributed by atoms with van der Waals surface area (Å²) in [6.45, 7) is 1.73. The molecular weight excluding hydrogens is 340 g/mol. The maximum Gasteiger partial charge on any atom is 0.238 e. The molecule has 2 rings (SSSR count). The van der Waals surface area contributed by atoms with E-state index in [0.717, 1.165) is 25.9 Å². The first-order valence-corrected chi connectivity index (χ1v) is 8.47. The van der Waals surface area contributed by atoms with Gasteiger partial charge in [-0.2, -0.15) is 4.99 Å². The molecule has 0 atom stereocenters. The largest absolute Gasteiger partial charge is 0.369 e. The number of piperidine rings is 1. The highest BCUT2D eigenvalue weighted by Gasteiger charge is 2.12. The molecule has 0 bridgehead atoms. The van der Waals surface area contributed by atoms with Crippen LogP contribution in [0.4, 0.5) is 5.69 Å². The van der Waals surface area contributed by atoms with E-state index >= 15 is 0 Å². The minimum absolute atomic E-state index is 0. The molecule has 6 N–H and O–H groups in total. The Morgan fingerprint density at radius 3 is 2.13 bits per heavy atom. The number of guanidine groups is 2. The van der Waals surface area contributed by atoms with Crippen molar-refractivity contribution in [3.63, 3.8) is 0 Å². The normalized spacial score (nSPS) is 16.8. The van der Waals surface area contributed by atoms with E-state index in [1.807, 2.05) is 4.90 Å². The Labute approximate surface area is 141 Å². The Hall–Kier alpha value is -1.84. The van der Waals surface area contributed by atoms with Crippen LogP contribution in [0, 0.1) is 0 Å². The maximum atomic E-state index is 11.2. The Morgan fingerprint density at radius 1 is 1.04 bits per heavy atom. The highest BCUT2D eigenvalue weighted by Crippen LogP contribution is 2.15. The number of primary sulfonamides is 1. The van der Waals surface area contributed by atoms with Gasteiger partial charge in [0.05, 0.1) is 10.6 Å². The van der Waals surface area contributed by atoms with Crippen molar-refractivity contribution >= 4 is 40.0 Å². The predicted octanol–water partition coefficient (Wildman–Crippen LogP) is 0.503. The summed E-state index contributed by atoms with van der Waals surface area (Å²) >= 11 is 0. The van der Waals surface area contributed by atoms with Crippen molar-refractivity contribution < 1.29 is 8.42 Å². The molecule has 1 saturated heterocycles. The van der Waals surface area contributed by atoms with Crippen LogP contribution in [-0.4, -0.2) is 38.3 Å². The third-order valence-electron chi connectivity index (χ3n) is 3.32. The highest BCUT2D eigenvalue weighted by atomic mass is 35.5. The van der Waals surface area contributed by atoms with Crippen molar-refractivity contribution in [3.05, 3.63) is 24.3 Å². The zero-order valence-corrected chi connectivity index (χ0v) is 14.2. The van der Waals surface area contributed by atoms with Crippen molar-refractivity contribution in [2.45, 2.75) is 24.2 Å². The lowest BCUT2D eigenvalue weighted by atomic mass is 10.1. The van der Waals surface area contributed by atoms with Crippen LogP contribution >= 0.6 is 12.4 Å². The Morgan fingerprint density at radius 2 is 1.61 bits per heavy atom. The number of hydrogen-bond donors (Lipinski definition) is 3. The van der Waals surface area contributed by atoms with Crippen molar-refractivity contribution in [1.29, 1.82) is 0 Å². The lowest BCUT2D eigenvalue weighted by molar-refractivity contribution is 0.339. The van der Waals surface area contributed by atoms with Gasteiger partial charge < -0.3 is 16.4 Å². The number of sulfonamides is 1. The number of benzene rings is 1. The Bertz CT molecular complexity index is 681. The molecule has 0 aliphatic carbocycles. The van der Waals surface area contributed by atoms with Gasteiger partial charge in [-0.1, -0.05) is 0 Å². The molecule has 10 heteroatoms. The molecule has 0 saturated carbocycles. The third-order valence-corrected chi connectivity index (χ3v) is 4.25. The number of nitrogens with two attached hydrogens (primary N) is 3. The number of nitrogens with zero attached hydrogens (tertiary/aromatic N) is 3. The molecule has 1 aromatic carbocycles. The fraction of sp³-hybridized carbons (Fsp3) is 0.385. The van der Waals surface area contributed by atoms with Gasteiger partial charge in [-0.25, -0.2) is 18.5 Å². The van der Waals surface area contributed by atoms with Gasteiger partial charge in [-0.3, -0.25) is 0 Å². The first kappa shape index (κ1) is 19.2. The summed E-state index contributed by atoms with van der Waals surface area (Å²) in [5, 5.41) is 5.02. The number of aliphatic imine (C=N–C) groups is 2. The molecule has 0 spiro atoms. The van der Waals surface area contributed by atoms with Crippen LogP contribution in [0.15, 0.2) is 39.1 Å². The van der Waals surface area contributed by atoms with Crippen LogP contribution in [0.5, 0.6) is 0 Å². The molecule has 0 amide bonds. The number of rotatable bonds is 2. The quantitative estimate of drug-likeness (QED) is 0.520. The molecule has 8 nitrogen and oxygen atoms in total. The SMILES string of the molecule is Cl.NC(=Nc1ccc(S(N)(=O)=O)cc1)/N=C(/N)N1CCCCC1. The summed E-state index contributed by atoms with van der Waals surface area (Å²) < 4.78 is 22.3. The van der Waals surface area contributed by atoms with Gasteiger partial charge in [0.2, 0.25) is 16.0 Å². The van der Waals surface area contributed by atoms with E-state index in [4.69, 9.17) is 16.6 Å². The third kappa shape index (κ3) is 5.70. The van der Waals surface area contributed by atoms with Gasteiger partial charge in [-0.05, 0) is 43.5 Å². The first-order valence-electron chi connectivity index (χ1n) is 6.92. The van der Waals surface area contributed by atoms with Crippen LogP contribution in [-0.2, 0) is 10.0 Å². The van der Waals surface area contributed by atoms with Crippen molar-refractivity contribution in [1.82, 2.24) is 4.90 Å². The zero-order valence-electron chi connectivity index (χ0n) is 12.6. The Balaban J connectivity index is 0.00000264. The van der Waals surface area contributed by atoms with E-state index in [1.165, 1.54) is 30.7 Å². The Kier molecular flexibility index (Phi) is 6.79. The van der Waals surface area contributed by atoms with E-state index < -0.39 is 10.0 Å². The number of halogens is 1. The molecule has 1 aliphatic rings. The second-order valence-electron chi connectivity index (χ2n) is 5.03. The van der Waals surface area contributed by atoms with Crippen LogP contribution in [0.3, 0.4) is 0 Å². The summed E-state index contributed by atoms with van der Waals surface area (Å²) in [5.74, 6) is 0.369. The highest BCUT2D eigenvalue weighted by molar-refractivity contribution is 7.89. The van der Waals surface area contributed by atoms with E-state index in [1.54, 1.807) is 0 Å². The molecule has 1 aromatic rings. The predicted molar refractivity (Wildman–Crippen MR) is 93.4 cm³/mol. The van der Waals surface area contributed by atoms with Crippen LogP contribution < -0.4 is 16.6 Å². The van der Waals surface area contributed by atoms with E-state index in [9.17, 15) is 8.42 Å². The molecule has 1 heterocycles. The minimum atomic E-state index is -3.72. The smallest absolute Gasteiger partial charge is 0.238 e. The van der Waals surface area contributed by atoms with Crippen LogP contribution in [0.2, 0.25) is 0 Å². The van der Waals surface area contributed by atoms with Crippen molar-refractivity contribution in [3.8, 4) is 0 Å². The van der Waals surface area contributed by atoms with Crippen LogP contribution in [0.25, 0.3) is 0 Å². The van der Waals surface area contributed by atoms with Gasteiger partial charge >= 0.3 is 0 Å². The molecule has 0 aromatic heterocycles. The lowest BCUT2D eigenvalue weighted by Gasteiger charge is -2.27. The fourth-order valence-electron chi connectivity index (χ4n) is 2.18. The second kappa shape index (κ2) is 8.14. The summed E-state index contributed by atoms with van der Waals surface area (Å²) in [6.07, 6.45) is 3.37. The lowest BCUT2D eigenvalue weighted by Crippen LogP contribution is -2.41. The number of likely N-dealkylation sites (tertiary alicyclic amines) is 1. The molecular formula is C13H21ClN6O2S. The van der Waals surface area contributed by atoms with E-state index in [-0.39, 0.29) is 23.3 Å². The van der Waals surface area contributed by atoms with Crippen molar-refractivity contribution in [2.24, 2.45) is 26.6 Å². The van der Waals surface area contributed by atoms with E-state index in [0.29, 0.717) is 11.6 Å². The topological polar surface area (TPSA) is 140 Å². The number of hydrogen-bond acceptors (Lipinski definition) is 3. The second-order valence-corrected chi connectivity index (χ2v) is 6.59. The molecule has 23 heavy (non-hydrogen) atoms.